The summed E-state index contributed by atoms with van der Waals surface area (Å²) >= 11 is 5.48. The Morgan fingerprint density at radius 2 is 2.54 bits per heavy atom. The minimum absolute atomic E-state index is 0.248. The van der Waals surface area contributed by atoms with Crippen LogP contribution >= 0.6 is 11.6 Å². The number of hydrogen-bond acceptors (Lipinski definition) is 2. The van der Waals surface area contributed by atoms with Crippen LogP contribution in [-0.2, 0) is 7.05 Å². The minimum Gasteiger partial charge on any atom is -0.346 e. The Hall–Kier alpha value is -1.29. The van der Waals surface area contributed by atoms with Crippen LogP contribution in [0.3, 0.4) is 0 Å². The van der Waals surface area contributed by atoms with Gasteiger partial charge in [-0.3, -0.25) is 4.79 Å². The molecular weight excluding hydrogens is 190 g/mol. The molecule has 0 aliphatic carbocycles. The van der Waals surface area contributed by atoms with E-state index in [2.05, 4.69) is 16.9 Å². The fourth-order valence-electron chi connectivity index (χ4n) is 0.797. The highest BCUT2D eigenvalue weighted by atomic mass is 35.5. The van der Waals surface area contributed by atoms with Crippen LogP contribution in [0.15, 0.2) is 24.1 Å². The molecule has 0 saturated heterocycles. The van der Waals surface area contributed by atoms with Crippen molar-refractivity contribution in [3.63, 3.8) is 0 Å². The molecule has 0 bridgehead atoms. The normalized spacial score (nSPS) is 9.69. The average Bonchev–Trinajstić information content (AvgIpc) is 2.47. The molecule has 1 rings (SSSR count). The van der Waals surface area contributed by atoms with Gasteiger partial charge in [-0.15, -0.1) is 0 Å². The molecule has 70 valence electrons. The zero-order chi connectivity index (χ0) is 9.84. The summed E-state index contributed by atoms with van der Waals surface area (Å²) < 4.78 is 1.70. The molecule has 0 aromatic carbocycles. The van der Waals surface area contributed by atoms with Gasteiger partial charge in [0.05, 0.1) is 12.9 Å². The van der Waals surface area contributed by atoms with Crippen LogP contribution in [0.1, 0.15) is 10.5 Å². The predicted molar refractivity (Wildman–Crippen MR) is 50.5 cm³/mol. The standard InChI is InChI=1S/C8H10ClN3O/c1-6(9)3-10-8(13)7-4-12(2)5-11-7/h4-5H,1,3H2,2H3,(H,10,13). The highest BCUT2D eigenvalue weighted by Crippen LogP contribution is 1.96. The van der Waals surface area contributed by atoms with E-state index in [9.17, 15) is 4.79 Å². The summed E-state index contributed by atoms with van der Waals surface area (Å²) in [6.45, 7) is 3.71. The van der Waals surface area contributed by atoms with Crippen LogP contribution in [0.2, 0.25) is 0 Å². The smallest absolute Gasteiger partial charge is 0.271 e. The predicted octanol–water partition coefficient (Wildman–Crippen LogP) is 0.902. The molecule has 1 aromatic rings. The molecule has 0 atom stereocenters. The van der Waals surface area contributed by atoms with E-state index in [1.165, 1.54) is 0 Å². The van der Waals surface area contributed by atoms with Gasteiger partial charge >= 0.3 is 0 Å². The average molecular weight is 200 g/mol. The summed E-state index contributed by atoms with van der Waals surface area (Å²) in [5.74, 6) is -0.248. The van der Waals surface area contributed by atoms with Gasteiger partial charge in [-0.2, -0.15) is 0 Å². The van der Waals surface area contributed by atoms with Crippen molar-refractivity contribution in [2.24, 2.45) is 7.05 Å². The highest BCUT2D eigenvalue weighted by Gasteiger charge is 2.07. The summed E-state index contributed by atoms with van der Waals surface area (Å²) in [5, 5.41) is 2.96. The maximum absolute atomic E-state index is 11.3. The molecule has 0 aliphatic rings. The van der Waals surface area contributed by atoms with Crippen molar-refractivity contribution in [3.8, 4) is 0 Å². The Labute approximate surface area is 81.2 Å². The first-order chi connectivity index (χ1) is 6.09. The van der Waals surface area contributed by atoms with E-state index in [-0.39, 0.29) is 12.5 Å². The van der Waals surface area contributed by atoms with Gasteiger partial charge in [0.25, 0.3) is 5.91 Å². The van der Waals surface area contributed by atoms with E-state index in [4.69, 9.17) is 11.6 Å². The van der Waals surface area contributed by atoms with Gasteiger partial charge in [0.15, 0.2) is 0 Å². The largest absolute Gasteiger partial charge is 0.346 e. The first-order valence-corrected chi connectivity index (χ1v) is 4.07. The van der Waals surface area contributed by atoms with Crippen LogP contribution in [0, 0.1) is 0 Å². The van der Waals surface area contributed by atoms with E-state index < -0.39 is 0 Å². The molecule has 5 heteroatoms. The number of rotatable bonds is 3. The molecule has 1 aromatic heterocycles. The van der Waals surface area contributed by atoms with Crippen molar-refractivity contribution >= 4 is 17.5 Å². The number of amides is 1. The molecule has 1 heterocycles. The third-order valence-corrected chi connectivity index (χ3v) is 1.51. The molecule has 4 nitrogen and oxygen atoms in total. The Bertz CT molecular complexity index is 332. The van der Waals surface area contributed by atoms with Crippen molar-refractivity contribution in [2.75, 3.05) is 6.54 Å². The molecule has 0 saturated carbocycles. The lowest BCUT2D eigenvalue weighted by atomic mass is 10.4. The quantitative estimate of drug-likeness (QED) is 0.787. The van der Waals surface area contributed by atoms with Crippen molar-refractivity contribution in [1.82, 2.24) is 14.9 Å². The second kappa shape index (κ2) is 4.09. The Morgan fingerprint density at radius 1 is 1.85 bits per heavy atom. The summed E-state index contributed by atoms with van der Waals surface area (Å²) in [6.07, 6.45) is 3.19. The number of imidazole rings is 1. The first kappa shape index (κ1) is 9.80. The van der Waals surface area contributed by atoms with Crippen LogP contribution in [0.5, 0.6) is 0 Å². The number of aryl methyl sites for hydroxylation is 1. The second-order valence-corrected chi connectivity index (χ2v) is 3.16. The fourth-order valence-corrected chi connectivity index (χ4v) is 0.864. The SMILES string of the molecule is C=C(Cl)CNC(=O)c1cn(C)cn1. The lowest BCUT2D eigenvalue weighted by Gasteiger charge is -1.99. The van der Waals surface area contributed by atoms with Gasteiger partial charge in [-0.25, -0.2) is 4.98 Å². The topological polar surface area (TPSA) is 46.9 Å². The second-order valence-electron chi connectivity index (χ2n) is 2.62. The number of hydrogen-bond donors (Lipinski definition) is 1. The summed E-state index contributed by atoms with van der Waals surface area (Å²) in [7, 11) is 1.80. The lowest BCUT2D eigenvalue weighted by Crippen LogP contribution is -2.24. The number of aromatic nitrogens is 2. The zero-order valence-corrected chi connectivity index (χ0v) is 8.01. The molecule has 1 N–H and O–H groups in total. The number of carbonyl (C=O) groups is 1. The Balaban J connectivity index is 2.54. The third-order valence-electron chi connectivity index (χ3n) is 1.38. The van der Waals surface area contributed by atoms with Gasteiger partial charge in [0.1, 0.15) is 5.69 Å². The number of carbonyl (C=O) groups excluding carboxylic acids is 1. The minimum atomic E-state index is -0.248. The van der Waals surface area contributed by atoms with Crippen LogP contribution in [0.25, 0.3) is 0 Å². The van der Waals surface area contributed by atoms with E-state index in [0.717, 1.165) is 0 Å². The van der Waals surface area contributed by atoms with Crippen molar-refractivity contribution in [1.29, 1.82) is 0 Å². The molecule has 0 spiro atoms. The van der Waals surface area contributed by atoms with E-state index in [1.807, 2.05) is 0 Å². The van der Waals surface area contributed by atoms with Gasteiger partial charge in [-0.05, 0) is 0 Å². The van der Waals surface area contributed by atoms with Crippen LogP contribution in [0.4, 0.5) is 0 Å². The number of nitrogens with zero attached hydrogens (tertiary/aromatic N) is 2. The summed E-state index contributed by atoms with van der Waals surface area (Å²) in [6, 6.07) is 0. The molecule has 0 fully saturated rings. The molecule has 0 aliphatic heterocycles. The number of nitrogens with one attached hydrogen (secondary N) is 1. The monoisotopic (exact) mass is 199 g/mol. The first-order valence-electron chi connectivity index (χ1n) is 3.69. The van der Waals surface area contributed by atoms with E-state index in [1.54, 1.807) is 24.1 Å². The maximum Gasteiger partial charge on any atom is 0.271 e. The van der Waals surface area contributed by atoms with Crippen molar-refractivity contribution < 1.29 is 4.79 Å². The van der Waals surface area contributed by atoms with Crippen molar-refractivity contribution in [2.45, 2.75) is 0 Å². The lowest BCUT2D eigenvalue weighted by molar-refractivity contribution is 0.0953. The van der Waals surface area contributed by atoms with Crippen molar-refractivity contribution in [3.05, 3.63) is 29.8 Å². The molecule has 13 heavy (non-hydrogen) atoms. The van der Waals surface area contributed by atoms with Crippen LogP contribution < -0.4 is 5.32 Å². The molecule has 0 unspecified atom stereocenters. The third kappa shape index (κ3) is 2.91. The van der Waals surface area contributed by atoms with Gasteiger partial charge < -0.3 is 9.88 Å². The summed E-state index contributed by atoms with van der Waals surface area (Å²) in [5.41, 5.74) is 0.375. The van der Waals surface area contributed by atoms with Gasteiger partial charge in [0.2, 0.25) is 0 Å². The van der Waals surface area contributed by atoms with Crippen LogP contribution in [-0.4, -0.2) is 22.0 Å². The van der Waals surface area contributed by atoms with Gasteiger partial charge in [-0.1, -0.05) is 18.2 Å². The van der Waals surface area contributed by atoms with E-state index in [0.29, 0.717) is 10.7 Å². The van der Waals surface area contributed by atoms with E-state index >= 15 is 0 Å². The maximum atomic E-state index is 11.3. The molecule has 0 radical (unpaired) electrons. The molecular formula is C8H10ClN3O. The van der Waals surface area contributed by atoms with Gasteiger partial charge in [0, 0.05) is 18.3 Å². The Morgan fingerprint density at radius 3 is 3.00 bits per heavy atom. The number of halogens is 1. The highest BCUT2D eigenvalue weighted by molar-refractivity contribution is 6.29. The fraction of sp³-hybridized carbons (Fsp3) is 0.250. The Kier molecular flexibility index (Phi) is 3.08. The zero-order valence-electron chi connectivity index (χ0n) is 7.25. The summed E-state index contributed by atoms with van der Waals surface area (Å²) in [4.78, 5) is 15.1. The molecule has 1 amide bonds.